The summed E-state index contributed by atoms with van der Waals surface area (Å²) < 4.78 is 5.18. The second-order valence-corrected chi connectivity index (χ2v) is 4.82. The molecular weight excluding hydrogens is 258 g/mol. The first-order chi connectivity index (χ1) is 9.30. The van der Waals surface area contributed by atoms with Gasteiger partial charge in [0.05, 0.1) is 18.3 Å². The van der Waals surface area contributed by atoms with E-state index in [2.05, 4.69) is 10.6 Å². The second-order valence-electron chi connectivity index (χ2n) is 4.82. The Balaban J connectivity index is 3.02. The number of hydrogen-bond donors (Lipinski definition) is 3. The van der Waals surface area contributed by atoms with Gasteiger partial charge in [-0.1, -0.05) is 6.92 Å². The van der Waals surface area contributed by atoms with E-state index >= 15 is 0 Å². The van der Waals surface area contributed by atoms with Gasteiger partial charge in [0.15, 0.2) is 0 Å². The topological polar surface area (TPSA) is 93.5 Å². The van der Waals surface area contributed by atoms with Crippen molar-refractivity contribution in [2.24, 2.45) is 5.73 Å². The molecule has 1 rings (SSSR count). The molecular formula is C14H21N3O3. The van der Waals surface area contributed by atoms with E-state index in [0.29, 0.717) is 23.5 Å². The average molecular weight is 279 g/mol. The number of rotatable bonds is 5. The van der Waals surface area contributed by atoms with E-state index < -0.39 is 5.54 Å². The van der Waals surface area contributed by atoms with E-state index in [0.717, 1.165) is 0 Å². The number of nitrogens with two attached hydrogens (primary N) is 1. The molecule has 4 N–H and O–H groups in total. The highest BCUT2D eigenvalue weighted by atomic mass is 16.5. The Labute approximate surface area is 118 Å². The summed E-state index contributed by atoms with van der Waals surface area (Å²) in [5, 5.41) is 5.37. The molecule has 0 radical (unpaired) electrons. The Hall–Kier alpha value is -2.08. The zero-order valence-corrected chi connectivity index (χ0v) is 12.2. The minimum absolute atomic E-state index is 0.190. The molecule has 2 amide bonds. The van der Waals surface area contributed by atoms with Crippen molar-refractivity contribution in [2.75, 3.05) is 17.7 Å². The summed E-state index contributed by atoms with van der Waals surface area (Å²) in [5.74, 6) is 0.00212. The molecule has 1 unspecified atom stereocenters. The van der Waals surface area contributed by atoms with Gasteiger partial charge in [0.1, 0.15) is 5.75 Å². The quantitative estimate of drug-likeness (QED) is 0.765. The Bertz CT molecular complexity index is 512. The Morgan fingerprint density at radius 2 is 2.00 bits per heavy atom. The summed E-state index contributed by atoms with van der Waals surface area (Å²) in [6.45, 7) is 4.91. The molecule has 0 bridgehead atoms. The molecule has 0 aliphatic heterocycles. The summed E-state index contributed by atoms with van der Waals surface area (Å²) >= 11 is 0. The minimum Gasteiger partial charge on any atom is -0.495 e. The number of amides is 2. The van der Waals surface area contributed by atoms with Crippen LogP contribution in [0.25, 0.3) is 0 Å². The molecule has 20 heavy (non-hydrogen) atoms. The molecule has 0 aliphatic carbocycles. The van der Waals surface area contributed by atoms with E-state index in [1.165, 1.54) is 14.0 Å². The third-order valence-electron chi connectivity index (χ3n) is 3.02. The van der Waals surface area contributed by atoms with Crippen LogP contribution >= 0.6 is 0 Å². The number of anilines is 2. The van der Waals surface area contributed by atoms with Crippen molar-refractivity contribution in [3.63, 3.8) is 0 Å². The average Bonchev–Trinajstić information content (AvgIpc) is 2.38. The maximum atomic E-state index is 12.1. The zero-order valence-electron chi connectivity index (χ0n) is 12.2. The van der Waals surface area contributed by atoms with Crippen LogP contribution in [0.5, 0.6) is 5.75 Å². The number of hydrogen-bond acceptors (Lipinski definition) is 4. The van der Waals surface area contributed by atoms with Crippen LogP contribution in [0.3, 0.4) is 0 Å². The van der Waals surface area contributed by atoms with E-state index in [1.807, 2.05) is 6.92 Å². The van der Waals surface area contributed by atoms with Crippen LogP contribution in [0, 0.1) is 0 Å². The summed E-state index contributed by atoms with van der Waals surface area (Å²) in [6.07, 6.45) is 0.506. The van der Waals surface area contributed by atoms with Crippen LogP contribution in [0.15, 0.2) is 18.2 Å². The van der Waals surface area contributed by atoms with Gasteiger partial charge in [-0.15, -0.1) is 0 Å². The molecule has 0 saturated carbocycles. The Morgan fingerprint density at radius 3 is 2.50 bits per heavy atom. The van der Waals surface area contributed by atoms with E-state index in [9.17, 15) is 9.59 Å². The highest BCUT2D eigenvalue weighted by molar-refractivity contribution is 5.99. The van der Waals surface area contributed by atoms with Crippen molar-refractivity contribution in [1.82, 2.24) is 0 Å². The molecule has 0 aromatic heterocycles. The molecule has 1 aromatic rings. The molecule has 0 heterocycles. The minimum atomic E-state index is -0.963. The van der Waals surface area contributed by atoms with Gasteiger partial charge in [-0.05, 0) is 31.5 Å². The maximum absolute atomic E-state index is 12.1. The van der Waals surface area contributed by atoms with Crippen LogP contribution in [0.4, 0.5) is 11.4 Å². The van der Waals surface area contributed by atoms with Gasteiger partial charge in [-0.25, -0.2) is 0 Å². The molecule has 1 atom stereocenters. The fourth-order valence-corrected chi connectivity index (χ4v) is 1.51. The number of nitrogens with one attached hydrogen (secondary N) is 2. The SMILES string of the molecule is CCC(C)(N)C(=O)Nc1cc(NC(C)=O)ccc1OC. The molecule has 0 saturated heterocycles. The first-order valence-electron chi connectivity index (χ1n) is 6.36. The largest absolute Gasteiger partial charge is 0.495 e. The van der Waals surface area contributed by atoms with Crippen LogP contribution in [-0.4, -0.2) is 24.5 Å². The van der Waals surface area contributed by atoms with E-state index in [-0.39, 0.29) is 11.8 Å². The lowest BCUT2D eigenvalue weighted by molar-refractivity contribution is -0.120. The van der Waals surface area contributed by atoms with Crippen LogP contribution < -0.4 is 21.1 Å². The second kappa shape index (κ2) is 6.38. The van der Waals surface area contributed by atoms with Crippen LogP contribution in [0.1, 0.15) is 27.2 Å². The maximum Gasteiger partial charge on any atom is 0.244 e. The zero-order chi connectivity index (χ0) is 15.3. The number of ether oxygens (including phenoxy) is 1. The van der Waals surface area contributed by atoms with E-state index in [4.69, 9.17) is 10.5 Å². The summed E-state index contributed by atoms with van der Waals surface area (Å²) in [5.41, 5.74) is 5.97. The van der Waals surface area contributed by atoms with Crippen molar-refractivity contribution in [3.05, 3.63) is 18.2 Å². The fraction of sp³-hybridized carbons (Fsp3) is 0.429. The van der Waals surface area contributed by atoms with Gasteiger partial charge in [0, 0.05) is 12.6 Å². The first-order valence-corrected chi connectivity index (χ1v) is 6.36. The van der Waals surface area contributed by atoms with Gasteiger partial charge in [0.25, 0.3) is 0 Å². The van der Waals surface area contributed by atoms with Crippen molar-refractivity contribution >= 4 is 23.2 Å². The predicted octanol–water partition coefficient (Wildman–Crippen LogP) is 1.72. The van der Waals surface area contributed by atoms with Crippen LogP contribution in [0.2, 0.25) is 0 Å². The molecule has 0 fully saturated rings. The highest BCUT2D eigenvalue weighted by Gasteiger charge is 2.26. The number of carbonyl (C=O) groups excluding carboxylic acids is 2. The third-order valence-corrected chi connectivity index (χ3v) is 3.02. The van der Waals surface area contributed by atoms with Gasteiger partial charge >= 0.3 is 0 Å². The number of benzene rings is 1. The lowest BCUT2D eigenvalue weighted by atomic mass is 9.99. The van der Waals surface area contributed by atoms with Crippen molar-refractivity contribution in [2.45, 2.75) is 32.7 Å². The molecule has 6 nitrogen and oxygen atoms in total. The molecule has 0 spiro atoms. The summed E-state index contributed by atoms with van der Waals surface area (Å²) in [6, 6.07) is 4.99. The van der Waals surface area contributed by atoms with Crippen molar-refractivity contribution in [3.8, 4) is 5.75 Å². The summed E-state index contributed by atoms with van der Waals surface area (Å²) in [7, 11) is 1.50. The van der Waals surface area contributed by atoms with Gasteiger partial charge in [0.2, 0.25) is 11.8 Å². The first kappa shape index (κ1) is 16.0. The van der Waals surface area contributed by atoms with Gasteiger partial charge < -0.3 is 21.1 Å². The molecule has 1 aromatic carbocycles. The van der Waals surface area contributed by atoms with Gasteiger partial charge in [-0.2, -0.15) is 0 Å². The molecule has 6 heteroatoms. The van der Waals surface area contributed by atoms with Crippen molar-refractivity contribution < 1.29 is 14.3 Å². The Kier molecular flexibility index (Phi) is 5.10. The number of carbonyl (C=O) groups is 2. The smallest absolute Gasteiger partial charge is 0.244 e. The fourth-order valence-electron chi connectivity index (χ4n) is 1.51. The van der Waals surface area contributed by atoms with Crippen molar-refractivity contribution in [1.29, 1.82) is 0 Å². The molecule has 0 aliphatic rings. The highest BCUT2D eigenvalue weighted by Crippen LogP contribution is 2.28. The monoisotopic (exact) mass is 279 g/mol. The lowest BCUT2D eigenvalue weighted by Crippen LogP contribution is -2.47. The van der Waals surface area contributed by atoms with E-state index in [1.54, 1.807) is 25.1 Å². The number of methoxy groups -OCH3 is 1. The summed E-state index contributed by atoms with van der Waals surface area (Å²) in [4.78, 5) is 23.1. The lowest BCUT2D eigenvalue weighted by Gasteiger charge is -2.22. The standard InChI is InChI=1S/C14H21N3O3/c1-5-14(3,15)13(19)17-11-8-10(16-9(2)18)6-7-12(11)20-4/h6-8H,5,15H2,1-4H3,(H,16,18)(H,17,19). The predicted molar refractivity (Wildman–Crippen MR) is 78.8 cm³/mol. The third kappa shape index (κ3) is 3.96. The van der Waals surface area contributed by atoms with Gasteiger partial charge in [-0.3, -0.25) is 9.59 Å². The normalized spacial score (nSPS) is 13.2. The molecule has 110 valence electrons. The van der Waals surface area contributed by atoms with Crippen LogP contribution in [-0.2, 0) is 9.59 Å². The Morgan fingerprint density at radius 1 is 1.35 bits per heavy atom.